The number of nitrogens with zero attached hydrogens (tertiary/aromatic N) is 2. The van der Waals surface area contributed by atoms with Crippen molar-refractivity contribution in [2.45, 2.75) is 19.4 Å². The lowest BCUT2D eigenvalue weighted by Gasteiger charge is -2.31. The van der Waals surface area contributed by atoms with E-state index in [9.17, 15) is 9.59 Å². The van der Waals surface area contributed by atoms with Gasteiger partial charge in [-0.15, -0.1) is 0 Å². The van der Waals surface area contributed by atoms with Crippen LogP contribution in [0.2, 0.25) is 0 Å². The number of rotatable bonds is 3. The molecule has 0 aromatic rings. The van der Waals surface area contributed by atoms with Crippen LogP contribution in [-0.2, 0) is 9.59 Å². The van der Waals surface area contributed by atoms with Crippen molar-refractivity contribution in [3.8, 4) is 0 Å². The molecule has 2 amide bonds. The quantitative estimate of drug-likeness (QED) is 0.639. The van der Waals surface area contributed by atoms with Gasteiger partial charge in [0, 0.05) is 33.2 Å². The third-order valence-electron chi connectivity index (χ3n) is 2.74. The Balaban J connectivity index is 2.47. The molecule has 0 spiro atoms. The molecule has 1 aliphatic heterocycles. The summed E-state index contributed by atoms with van der Waals surface area (Å²) in [5.41, 5.74) is 4.78. The summed E-state index contributed by atoms with van der Waals surface area (Å²) in [6.07, 6.45) is 0. The Morgan fingerprint density at radius 2 is 1.88 bits per heavy atom. The summed E-state index contributed by atoms with van der Waals surface area (Å²) in [5, 5.41) is 3.18. The predicted molar refractivity (Wildman–Crippen MR) is 65.4 cm³/mol. The molecule has 0 atom stereocenters. The number of carbonyl (C=O) groups is 2. The van der Waals surface area contributed by atoms with Crippen LogP contribution in [-0.4, -0.2) is 66.9 Å². The number of hydrogen-bond donors (Lipinski definition) is 2. The van der Waals surface area contributed by atoms with Gasteiger partial charge in [0.25, 0.3) is 0 Å². The van der Waals surface area contributed by atoms with Crippen molar-refractivity contribution in [2.24, 2.45) is 5.73 Å². The fourth-order valence-corrected chi connectivity index (χ4v) is 1.78. The molecule has 0 aliphatic carbocycles. The van der Waals surface area contributed by atoms with Crippen LogP contribution in [0.4, 0.5) is 0 Å². The molecule has 3 N–H and O–H groups in total. The van der Waals surface area contributed by atoms with Crippen molar-refractivity contribution in [2.75, 3.05) is 39.8 Å². The Bertz CT molecular complexity index is 292. The van der Waals surface area contributed by atoms with Gasteiger partial charge >= 0.3 is 0 Å². The van der Waals surface area contributed by atoms with Gasteiger partial charge in [0.15, 0.2) is 0 Å². The van der Waals surface area contributed by atoms with Gasteiger partial charge in [-0.05, 0) is 13.8 Å². The highest BCUT2D eigenvalue weighted by atomic mass is 16.2. The topological polar surface area (TPSA) is 78.7 Å². The van der Waals surface area contributed by atoms with Crippen molar-refractivity contribution in [3.63, 3.8) is 0 Å². The van der Waals surface area contributed by atoms with Crippen molar-refractivity contribution < 1.29 is 9.59 Å². The lowest BCUT2D eigenvalue weighted by molar-refractivity contribution is -0.142. The average Bonchev–Trinajstić information content (AvgIpc) is 2.27. The van der Waals surface area contributed by atoms with Gasteiger partial charge in [-0.3, -0.25) is 9.59 Å². The molecule has 1 aliphatic rings. The van der Waals surface area contributed by atoms with Gasteiger partial charge in [0.1, 0.15) is 0 Å². The van der Waals surface area contributed by atoms with E-state index >= 15 is 0 Å². The zero-order chi connectivity index (χ0) is 13.1. The van der Waals surface area contributed by atoms with Gasteiger partial charge in [-0.2, -0.15) is 0 Å². The van der Waals surface area contributed by atoms with E-state index in [1.165, 1.54) is 4.90 Å². The third-order valence-corrected chi connectivity index (χ3v) is 2.74. The molecular weight excluding hydrogens is 220 g/mol. The summed E-state index contributed by atoms with van der Waals surface area (Å²) in [4.78, 5) is 26.9. The number of nitrogens with two attached hydrogens (primary N) is 1. The highest BCUT2D eigenvalue weighted by molar-refractivity contribution is 5.89. The van der Waals surface area contributed by atoms with E-state index in [0.717, 1.165) is 13.1 Å². The Kier molecular flexibility index (Phi) is 4.47. The smallest absolute Gasteiger partial charge is 0.242 e. The predicted octanol–water partition coefficient (Wildman–Crippen LogP) is -1.39. The number of likely N-dealkylation sites (N-methyl/N-ethyl adjacent to an activating group) is 1. The number of piperazine rings is 1. The summed E-state index contributed by atoms with van der Waals surface area (Å²) >= 11 is 0. The van der Waals surface area contributed by atoms with Crippen LogP contribution in [0, 0.1) is 0 Å². The lowest BCUT2D eigenvalue weighted by Crippen LogP contribution is -2.54. The summed E-state index contributed by atoms with van der Waals surface area (Å²) in [6, 6.07) is 0. The molecule has 0 bridgehead atoms. The molecule has 0 unspecified atom stereocenters. The Labute approximate surface area is 102 Å². The molecular formula is C11H22N4O2. The Hall–Kier alpha value is -1.14. The van der Waals surface area contributed by atoms with E-state index in [2.05, 4.69) is 5.32 Å². The van der Waals surface area contributed by atoms with Crippen molar-refractivity contribution in [1.29, 1.82) is 0 Å². The molecule has 17 heavy (non-hydrogen) atoms. The fraction of sp³-hybridized carbons (Fsp3) is 0.818. The standard InChI is InChI=1S/C11H22N4O2/c1-11(2,12)10(17)14(3)8-9(16)15-6-4-13-5-7-15/h13H,4-8,12H2,1-3H3. The molecule has 0 aromatic carbocycles. The molecule has 0 aromatic heterocycles. The van der Waals surface area contributed by atoms with E-state index in [4.69, 9.17) is 5.73 Å². The summed E-state index contributed by atoms with van der Waals surface area (Å²) in [7, 11) is 1.61. The summed E-state index contributed by atoms with van der Waals surface area (Å²) in [6.45, 7) is 6.40. The highest BCUT2D eigenvalue weighted by Gasteiger charge is 2.28. The summed E-state index contributed by atoms with van der Waals surface area (Å²) < 4.78 is 0. The van der Waals surface area contributed by atoms with E-state index in [1.54, 1.807) is 25.8 Å². The lowest BCUT2D eigenvalue weighted by atomic mass is 10.1. The monoisotopic (exact) mass is 242 g/mol. The number of nitrogens with one attached hydrogen (secondary N) is 1. The first-order chi connectivity index (χ1) is 7.82. The van der Waals surface area contributed by atoms with E-state index in [0.29, 0.717) is 13.1 Å². The second kappa shape index (κ2) is 5.46. The Morgan fingerprint density at radius 3 is 2.35 bits per heavy atom. The number of hydrogen-bond acceptors (Lipinski definition) is 4. The van der Waals surface area contributed by atoms with Crippen LogP contribution in [0.15, 0.2) is 0 Å². The molecule has 1 fully saturated rings. The van der Waals surface area contributed by atoms with E-state index < -0.39 is 5.54 Å². The van der Waals surface area contributed by atoms with Crippen LogP contribution >= 0.6 is 0 Å². The van der Waals surface area contributed by atoms with E-state index in [-0.39, 0.29) is 18.4 Å². The second-order valence-corrected chi connectivity index (χ2v) is 5.01. The van der Waals surface area contributed by atoms with Gasteiger partial charge in [0.2, 0.25) is 11.8 Å². The normalized spacial score (nSPS) is 16.8. The minimum atomic E-state index is -0.932. The average molecular weight is 242 g/mol. The molecule has 0 saturated carbocycles. The van der Waals surface area contributed by atoms with Crippen LogP contribution in [0.3, 0.4) is 0 Å². The first-order valence-corrected chi connectivity index (χ1v) is 5.85. The van der Waals surface area contributed by atoms with Gasteiger partial charge in [-0.1, -0.05) is 0 Å². The highest BCUT2D eigenvalue weighted by Crippen LogP contribution is 2.03. The first kappa shape index (κ1) is 13.9. The van der Waals surface area contributed by atoms with Crippen molar-refractivity contribution in [3.05, 3.63) is 0 Å². The van der Waals surface area contributed by atoms with E-state index in [1.807, 2.05) is 0 Å². The van der Waals surface area contributed by atoms with Crippen LogP contribution in [0.25, 0.3) is 0 Å². The maximum Gasteiger partial charge on any atom is 0.242 e. The van der Waals surface area contributed by atoms with Gasteiger partial charge < -0.3 is 20.9 Å². The minimum Gasteiger partial charge on any atom is -0.339 e. The molecule has 98 valence electrons. The van der Waals surface area contributed by atoms with Gasteiger partial charge in [-0.25, -0.2) is 0 Å². The maximum atomic E-state index is 11.9. The number of carbonyl (C=O) groups excluding carboxylic acids is 2. The minimum absolute atomic E-state index is 0.0217. The fourth-order valence-electron chi connectivity index (χ4n) is 1.78. The van der Waals surface area contributed by atoms with Crippen LogP contribution < -0.4 is 11.1 Å². The molecule has 6 heteroatoms. The molecule has 1 heterocycles. The molecule has 1 rings (SSSR count). The SMILES string of the molecule is CN(CC(=O)N1CCNCC1)C(=O)C(C)(C)N. The molecule has 1 saturated heterocycles. The zero-order valence-corrected chi connectivity index (χ0v) is 10.8. The van der Waals surface area contributed by atoms with Crippen LogP contribution in [0.1, 0.15) is 13.8 Å². The maximum absolute atomic E-state index is 11.9. The van der Waals surface area contributed by atoms with Gasteiger partial charge in [0.05, 0.1) is 12.1 Å². The Morgan fingerprint density at radius 1 is 1.35 bits per heavy atom. The second-order valence-electron chi connectivity index (χ2n) is 5.01. The molecule has 0 radical (unpaired) electrons. The largest absolute Gasteiger partial charge is 0.339 e. The third kappa shape index (κ3) is 3.98. The zero-order valence-electron chi connectivity index (χ0n) is 10.8. The van der Waals surface area contributed by atoms with Crippen molar-refractivity contribution >= 4 is 11.8 Å². The van der Waals surface area contributed by atoms with Crippen molar-refractivity contribution in [1.82, 2.24) is 15.1 Å². The molecule has 6 nitrogen and oxygen atoms in total. The summed E-state index contributed by atoms with van der Waals surface area (Å²) in [5.74, 6) is -0.243. The number of amides is 2. The first-order valence-electron chi connectivity index (χ1n) is 5.85. The van der Waals surface area contributed by atoms with Crippen LogP contribution in [0.5, 0.6) is 0 Å².